The van der Waals surface area contributed by atoms with Gasteiger partial charge in [0.15, 0.2) is 16.6 Å². The highest BCUT2D eigenvalue weighted by Gasteiger charge is 2.30. The number of nitrogens with zero attached hydrogens (tertiary/aromatic N) is 1. The molecule has 0 saturated heterocycles. The van der Waals surface area contributed by atoms with Crippen LogP contribution < -0.4 is 20.1 Å². The number of aryl methyl sites for hydroxylation is 2. The molecule has 8 heteroatoms. The van der Waals surface area contributed by atoms with E-state index in [0.717, 1.165) is 42.7 Å². The maximum absolute atomic E-state index is 12.9. The van der Waals surface area contributed by atoms with Crippen LogP contribution in [0.1, 0.15) is 51.7 Å². The van der Waals surface area contributed by atoms with Crippen LogP contribution in [0, 0.1) is 0 Å². The van der Waals surface area contributed by atoms with Gasteiger partial charge < -0.3 is 14.8 Å². The molecule has 5 rings (SSSR count). The summed E-state index contributed by atoms with van der Waals surface area (Å²) in [6.07, 6.45) is 4.42. The molecule has 2 aromatic carbocycles. The highest BCUT2D eigenvalue weighted by atomic mass is 32.1. The SMILES string of the molecule is O=C(Nc1nc2c(s1)CCC[C@@H]2C(=O)NCCCc1ccccc1)c1ccc2c(c1)OCO2. The van der Waals surface area contributed by atoms with Crippen molar-refractivity contribution in [1.29, 1.82) is 0 Å². The largest absolute Gasteiger partial charge is 0.454 e. The molecule has 0 spiro atoms. The molecule has 2 heterocycles. The molecule has 2 N–H and O–H groups in total. The van der Waals surface area contributed by atoms with Gasteiger partial charge in [0.2, 0.25) is 12.7 Å². The van der Waals surface area contributed by atoms with Gasteiger partial charge in [0.05, 0.1) is 11.6 Å². The number of benzene rings is 2. The zero-order chi connectivity index (χ0) is 22.6. The van der Waals surface area contributed by atoms with Crippen molar-refractivity contribution in [1.82, 2.24) is 10.3 Å². The lowest BCUT2D eigenvalue weighted by Gasteiger charge is -2.20. The molecule has 0 radical (unpaired) electrons. The van der Waals surface area contributed by atoms with E-state index in [2.05, 4.69) is 27.8 Å². The van der Waals surface area contributed by atoms with E-state index in [4.69, 9.17) is 9.47 Å². The number of hydrogen-bond donors (Lipinski definition) is 2. The molecule has 0 saturated carbocycles. The van der Waals surface area contributed by atoms with E-state index in [0.29, 0.717) is 28.7 Å². The number of ether oxygens (including phenoxy) is 2. The Morgan fingerprint density at radius 2 is 1.94 bits per heavy atom. The number of amides is 2. The number of nitrogens with one attached hydrogen (secondary N) is 2. The fourth-order valence-electron chi connectivity index (χ4n) is 4.21. The topological polar surface area (TPSA) is 89.6 Å². The average molecular weight is 464 g/mol. The Kier molecular flexibility index (Phi) is 6.26. The molecule has 1 atom stereocenters. The Hall–Kier alpha value is -3.39. The minimum Gasteiger partial charge on any atom is -0.454 e. The monoisotopic (exact) mass is 463 g/mol. The smallest absolute Gasteiger partial charge is 0.257 e. The Bertz CT molecular complexity index is 1160. The standard InChI is InChI=1S/C25H25N3O4S/c29-23(17-11-12-19-20(14-17)32-15-31-19)28-25-27-22-18(9-4-10-21(22)33-25)24(30)26-13-5-8-16-6-2-1-3-7-16/h1-3,6-7,11-12,14,18H,4-5,8-10,13,15H2,(H,26,30)(H,27,28,29)/t18-/m0/s1. The number of carbonyl (C=O) groups excluding carboxylic acids is 2. The Balaban J connectivity index is 1.19. The van der Waals surface area contributed by atoms with Gasteiger partial charge in [0.25, 0.3) is 5.91 Å². The van der Waals surface area contributed by atoms with Crippen molar-refractivity contribution >= 4 is 28.3 Å². The van der Waals surface area contributed by atoms with Crippen LogP contribution in [0.3, 0.4) is 0 Å². The van der Waals surface area contributed by atoms with Crippen LogP contribution in [0.5, 0.6) is 11.5 Å². The molecule has 0 bridgehead atoms. The zero-order valence-electron chi connectivity index (χ0n) is 18.1. The predicted octanol–water partition coefficient (Wildman–Crippen LogP) is 4.29. The molecule has 0 unspecified atom stereocenters. The lowest BCUT2D eigenvalue weighted by atomic mass is 9.90. The van der Waals surface area contributed by atoms with Gasteiger partial charge in [-0.05, 0) is 55.9 Å². The maximum Gasteiger partial charge on any atom is 0.257 e. The number of hydrogen-bond acceptors (Lipinski definition) is 6. The highest BCUT2D eigenvalue weighted by molar-refractivity contribution is 7.16. The average Bonchev–Trinajstić information content (AvgIpc) is 3.48. The number of fused-ring (bicyclic) bond motifs is 2. The summed E-state index contributed by atoms with van der Waals surface area (Å²) >= 11 is 1.45. The number of rotatable bonds is 7. The molecular weight excluding hydrogens is 438 g/mol. The molecule has 1 aliphatic heterocycles. The third kappa shape index (κ3) is 4.85. The molecule has 1 aromatic heterocycles. The molecule has 3 aromatic rings. The van der Waals surface area contributed by atoms with Crippen LogP contribution in [-0.2, 0) is 17.6 Å². The lowest BCUT2D eigenvalue weighted by Crippen LogP contribution is -2.32. The first-order valence-electron chi connectivity index (χ1n) is 11.2. The van der Waals surface area contributed by atoms with Gasteiger partial charge in [0, 0.05) is 17.0 Å². The van der Waals surface area contributed by atoms with Crippen LogP contribution in [0.2, 0.25) is 0 Å². The summed E-state index contributed by atoms with van der Waals surface area (Å²) in [7, 11) is 0. The first-order chi connectivity index (χ1) is 16.2. The van der Waals surface area contributed by atoms with E-state index in [1.165, 1.54) is 16.9 Å². The van der Waals surface area contributed by atoms with Crippen LogP contribution in [0.25, 0.3) is 0 Å². The second-order valence-corrected chi connectivity index (χ2v) is 9.26. The second kappa shape index (κ2) is 9.62. The van der Waals surface area contributed by atoms with Gasteiger partial charge in [-0.1, -0.05) is 30.3 Å². The van der Waals surface area contributed by atoms with Crippen LogP contribution in [-0.4, -0.2) is 30.1 Å². The van der Waals surface area contributed by atoms with Crippen molar-refractivity contribution in [3.05, 3.63) is 70.2 Å². The van der Waals surface area contributed by atoms with Gasteiger partial charge in [0.1, 0.15) is 0 Å². The highest BCUT2D eigenvalue weighted by Crippen LogP contribution is 2.37. The van der Waals surface area contributed by atoms with Crippen molar-refractivity contribution in [2.24, 2.45) is 0 Å². The molecule has 33 heavy (non-hydrogen) atoms. The van der Waals surface area contributed by atoms with Crippen LogP contribution >= 0.6 is 11.3 Å². The van der Waals surface area contributed by atoms with Gasteiger partial charge in [-0.25, -0.2) is 4.98 Å². The number of anilines is 1. The minimum atomic E-state index is -0.266. The second-order valence-electron chi connectivity index (χ2n) is 8.17. The normalized spacial score (nSPS) is 16.2. The van der Waals surface area contributed by atoms with E-state index in [9.17, 15) is 9.59 Å². The molecule has 7 nitrogen and oxygen atoms in total. The van der Waals surface area contributed by atoms with Gasteiger partial charge in [-0.15, -0.1) is 11.3 Å². The summed E-state index contributed by atoms with van der Waals surface area (Å²) in [4.78, 5) is 31.3. The van der Waals surface area contributed by atoms with E-state index in [-0.39, 0.29) is 24.5 Å². The van der Waals surface area contributed by atoms with E-state index in [1.807, 2.05) is 18.2 Å². The quantitative estimate of drug-likeness (QED) is 0.510. The summed E-state index contributed by atoms with van der Waals surface area (Å²) < 4.78 is 10.6. The lowest BCUT2D eigenvalue weighted by molar-refractivity contribution is -0.122. The molecule has 2 aliphatic rings. The fraction of sp³-hybridized carbons (Fsp3) is 0.320. The van der Waals surface area contributed by atoms with Crippen molar-refractivity contribution in [3.8, 4) is 11.5 Å². The fourth-order valence-corrected chi connectivity index (χ4v) is 5.27. The Labute approximate surface area is 196 Å². The molecular formula is C25H25N3O4S. The van der Waals surface area contributed by atoms with Gasteiger partial charge in [-0.2, -0.15) is 0 Å². The molecule has 0 fully saturated rings. The Morgan fingerprint density at radius 3 is 2.82 bits per heavy atom. The van der Waals surface area contributed by atoms with Gasteiger partial charge in [-0.3, -0.25) is 14.9 Å². The van der Waals surface area contributed by atoms with E-state index in [1.54, 1.807) is 18.2 Å². The first kappa shape index (κ1) is 21.5. The molecule has 170 valence electrons. The summed E-state index contributed by atoms with van der Waals surface area (Å²) in [6, 6.07) is 15.4. The minimum absolute atomic E-state index is 0.0166. The Morgan fingerprint density at radius 1 is 1.09 bits per heavy atom. The summed E-state index contributed by atoms with van der Waals surface area (Å²) in [5.41, 5.74) is 2.54. The third-order valence-corrected chi connectivity index (χ3v) is 6.96. The molecule has 2 amide bonds. The third-order valence-electron chi connectivity index (χ3n) is 5.91. The number of aromatic nitrogens is 1. The summed E-state index contributed by atoms with van der Waals surface area (Å²) in [5, 5.41) is 6.47. The summed E-state index contributed by atoms with van der Waals surface area (Å²) in [5.74, 6) is 0.682. The van der Waals surface area contributed by atoms with Crippen LogP contribution in [0.4, 0.5) is 5.13 Å². The predicted molar refractivity (Wildman–Crippen MR) is 126 cm³/mol. The zero-order valence-corrected chi connectivity index (χ0v) is 19.0. The van der Waals surface area contributed by atoms with E-state index < -0.39 is 0 Å². The van der Waals surface area contributed by atoms with Crippen molar-refractivity contribution in [3.63, 3.8) is 0 Å². The van der Waals surface area contributed by atoms with Gasteiger partial charge >= 0.3 is 0 Å². The maximum atomic E-state index is 12.9. The number of carbonyl (C=O) groups is 2. The van der Waals surface area contributed by atoms with E-state index >= 15 is 0 Å². The van der Waals surface area contributed by atoms with Crippen molar-refractivity contribution in [2.75, 3.05) is 18.7 Å². The number of thiazole rings is 1. The summed E-state index contributed by atoms with van der Waals surface area (Å²) in [6.45, 7) is 0.798. The van der Waals surface area contributed by atoms with Crippen molar-refractivity contribution in [2.45, 2.75) is 38.0 Å². The van der Waals surface area contributed by atoms with Crippen LogP contribution in [0.15, 0.2) is 48.5 Å². The van der Waals surface area contributed by atoms with Crippen molar-refractivity contribution < 1.29 is 19.1 Å². The first-order valence-corrected chi connectivity index (χ1v) is 12.0. The molecule has 1 aliphatic carbocycles.